The molecule has 1 atom stereocenters. The van der Waals surface area contributed by atoms with Crippen LogP contribution in [0.25, 0.3) is 0 Å². The summed E-state index contributed by atoms with van der Waals surface area (Å²) in [5, 5.41) is 0. The Kier molecular flexibility index (Phi) is 3.58. The summed E-state index contributed by atoms with van der Waals surface area (Å²) >= 11 is 0. The summed E-state index contributed by atoms with van der Waals surface area (Å²) in [5.41, 5.74) is 2.40. The lowest BCUT2D eigenvalue weighted by molar-refractivity contribution is 0.723. The summed E-state index contributed by atoms with van der Waals surface area (Å²) in [6.45, 7) is 6.40. The van der Waals surface area contributed by atoms with Gasteiger partial charge >= 0.3 is 0 Å². The molecule has 1 aromatic rings. The first-order valence-corrected chi connectivity index (χ1v) is 4.80. The van der Waals surface area contributed by atoms with Gasteiger partial charge in [0.15, 0.2) is 0 Å². The van der Waals surface area contributed by atoms with E-state index in [0.29, 0.717) is 5.92 Å². The highest BCUT2D eigenvalue weighted by Gasteiger charge is 1.90. The van der Waals surface area contributed by atoms with Crippen molar-refractivity contribution in [1.29, 1.82) is 0 Å². The zero-order valence-electron chi connectivity index (χ0n) is 8.59. The third-order valence-electron chi connectivity index (χ3n) is 2.13. The van der Waals surface area contributed by atoms with Crippen LogP contribution < -0.4 is 0 Å². The van der Waals surface area contributed by atoms with E-state index in [1.54, 1.807) is 0 Å². The molecule has 1 rings (SSSR count). The van der Waals surface area contributed by atoms with Crippen molar-refractivity contribution in [2.24, 2.45) is 5.92 Å². The van der Waals surface area contributed by atoms with Crippen molar-refractivity contribution in [3.05, 3.63) is 35.4 Å². The Morgan fingerprint density at radius 2 is 1.85 bits per heavy atom. The third kappa shape index (κ3) is 3.34. The van der Waals surface area contributed by atoms with E-state index in [-0.39, 0.29) is 0 Å². The lowest BCUT2D eigenvalue weighted by atomic mass is 10.1. The molecule has 1 unspecified atom stereocenters. The Bertz CT molecular complexity index is 308. The molecule has 0 heterocycles. The van der Waals surface area contributed by atoms with E-state index in [1.807, 2.05) is 0 Å². The van der Waals surface area contributed by atoms with Crippen molar-refractivity contribution in [1.82, 2.24) is 0 Å². The van der Waals surface area contributed by atoms with Crippen LogP contribution in [0, 0.1) is 24.7 Å². The second-order valence-corrected chi connectivity index (χ2v) is 3.44. The maximum absolute atomic E-state index is 3.22. The van der Waals surface area contributed by atoms with Gasteiger partial charge < -0.3 is 0 Å². The van der Waals surface area contributed by atoms with E-state index >= 15 is 0 Å². The van der Waals surface area contributed by atoms with Gasteiger partial charge in [-0.25, -0.2) is 0 Å². The predicted molar refractivity (Wildman–Crippen MR) is 57.5 cm³/mol. The Balaban J connectivity index is 2.72. The highest BCUT2D eigenvalue weighted by atomic mass is 13.9. The minimum absolute atomic E-state index is 0.501. The summed E-state index contributed by atoms with van der Waals surface area (Å²) in [6.07, 6.45) is 1.12. The summed E-state index contributed by atoms with van der Waals surface area (Å²) in [6, 6.07) is 8.34. The second kappa shape index (κ2) is 4.72. The van der Waals surface area contributed by atoms with Crippen LogP contribution in [0.5, 0.6) is 0 Å². The summed E-state index contributed by atoms with van der Waals surface area (Å²) in [7, 11) is 0. The van der Waals surface area contributed by atoms with Gasteiger partial charge in [0.25, 0.3) is 0 Å². The van der Waals surface area contributed by atoms with Gasteiger partial charge in [-0.3, -0.25) is 0 Å². The van der Waals surface area contributed by atoms with Crippen LogP contribution in [0.2, 0.25) is 0 Å². The van der Waals surface area contributed by atoms with Crippen molar-refractivity contribution in [2.75, 3.05) is 0 Å². The van der Waals surface area contributed by atoms with Crippen molar-refractivity contribution in [3.63, 3.8) is 0 Å². The van der Waals surface area contributed by atoms with E-state index in [0.717, 1.165) is 12.0 Å². The third-order valence-corrected chi connectivity index (χ3v) is 2.13. The fourth-order valence-corrected chi connectivity index (χ4v) is 0.945. The second-order valence-electron chi connectivity index (χ2n) is 3.44. The van der Waals surface area contributed by atoms with Gasteiger partial charge in [0.2, 0.25) is 0 Å². The quantitative estimate of drug-likeness (QED) is 0.570. The molecule has 68 valence electrons. The average Bonchev–Trinajstić information content (AvgIpc) is 2.16. The Labute approximate surface area is 81.0 Å². The molecule has 0 fully saturated rings. The molecule has 0 N–H and O–H groups in total. The average molecular weight is 172 g/mol. The Hall–Kier alpha value is -1.22. The number of aryl methyl sites for hydroxylation is 1. The Morgan fingerprint density at radius 3 is 2.38 bits per heavy atom. The molecular formula is C13H16. The molecule has 0 aliphatic rings. The van der Waals surface area contributed by atoms with Crippen LogP contribution >= 0.6 is 0 Å². The van der Waals surface area contributed by atoms with Crippen LogP contribution in [0.4, 0.5) is 0 Å². The van der Waals surface area contributed by atoms with E-state index in [1.165, 1.54) is 5.56 Å². The molecule has 0 aromatic heterocycles. The zero-order valence-corrected chi connectivity index (χ0v) is 8.59. The van der Waals surface area contributed by atoms with Gasteiger partial charge in [-0.15, -0.1) is 0 Å². The first kappa shape index (κ1) is 9.86. The highest BCUT2D eigenvalue weighted by molar-refractivity contribution is 5.36. The summed E-state index contributed by atoms with van der Waals surface area (Å²) in [4.78, 5) is 0. The van der Waals surface area contributed by atoms with Gasteiger partial charge in [-0.2, -0.15) is 0 Å². The van der Waals surface area contributed by atoms with E-state index in [2.05, 4.69) is 56.9 Å². The Morgan fingerprint density at radius 1 is 1.23 bits per heavy atom. The summed E-state index contributed by atoms with van der Waals surface area (Å²) in [5.74, 6) is 6.89. The molecule has 0 bridgehead atoms. The number of hydrogen-bond donors (Lipinski definition) is 0. The molecule has 0 radical (unpaired) electrons. The van der Waals surface area contributed by atoms with E-state index < -0.39 is 0 Å². The molecular weight excluding hydrogens is 156 g/mol. The first-order valence-electron chi connectivity index (χ1n) is 4.80. The SMILES string of the molecule is CCC(C)C#Cc1ccc(C)cc1. The van der Waals surface area contributed by atoms with Gasteiger partial charge in [0, 0.05) is 11.5 Å². The largest absolute Gasteiger partial charge is 0.0948 e. The fraction of sp³-hybridized carbons (Fsp3) is 0.385. The number of benzene rings is 1. The molecule has 0 saturated heterocycles. The maximum Gasteiger partial charge on any atom is 0.0245 e. The first-order chi connectivity index (χ1) is 6.22. The highest BCUT2D eigenvalue weighted by Crippen LogP contribution is 2.02. The predicted octanol–water partition coefficient (Wildman–Crippen LogP) is 3.39. The van der Waals surface area contributed by atoms with Crippen LogP contribution in [0.1, 0.15) is 31.4 Å². The molecule has 13 heavy (non-hydrogen) atoms. The minimum Gasteiger partial charge on any atom is -0.0948 e. The van der Waals surface area contributed by atoms with Gasteiger partial charge in [-0.1, -0.05) is 43.4 Å². The lowest BCUT2D eigenvalue weighted by Crippen LogP contribution is -1.85. The van der Waals surface area contributed by atoms with Gasteiger partial charge in [0.1, 0.15) is 0 Å². The molecule has 1 aromatic carbocycles. The standard InChI is InChI=1S/C13H16/c1-4-11(2)5-8-13-9-6-12(3)7-10-13/h6-7,9-11H,4H2,1-3H3. The van der Waals surface area contributed by atoms with Crippen molar-refractivity contribution < 1.29 is 0 Å². The summed E-state index contributed by atoms with van der Waals surface area (Å²) < 4.78 is 0. The molecule has 0 saturated carbocycles. The molecule has 0 aliphatic carbocycles. The molecule has 0 spiro atoms. The fourth-order valence-electron chi connectivity index (χ4n) is 0.945. The lowest BCUT2D eigenvalue weighted by Gasteiger charge is -1.95. The van der Waals surface area contributed by atoms with Crippen molar-refractivity contribution in [2.45, 2.75) is 27.2 Å². The van der Waals surface area contributed by atoms with E-state index in [4.69, 9.17) is 0 Å². The van der Waals surface area contributed by atoms with Gasteiger partial charge in [-0.05, 0) is 25.5 Å². The molecule has 0 aliphatic heterocycles. The van der Waals surface area contributed by atoms with Crippen molar-refractivity contribution in [3.8, 4) is 11.8 Å². The van der Waals surface area contributed by atoms with Crippen LogP contribution in [-0.2, 0) is 0 Å². The van der Waals surface area contributed by atoms with Crippen LogP contribution in [0.3, 0.4) is 0 Å². The number of hydrogen-bond acceptors (Lipinski definition) is 0. The van der Waals surface area contributed by atoms with Crippen LogP contribution in [-0.4, -0.2) is 0 Å². The monoisotopic (exact) mass is 172 g/mol. The molecule has 0 heteroatoms. The maximum atomic E-state index is 3.22. The smallest absolute Gasteiger partial charge is 0.0245 e. The number of rotatable bonds is 1. The molecule has 0 nitrogen and oxygen atoms in total. The topological polar surface area (TPSA) is 0 Å². The molecule has 0 amide bonds. The minimum atomic E-state index is 0.501. The van der Waals surface area contributed by atoms with E-state index in [9.17, 15) is 0 Å². The van der Waals surface area contributed by atoms with Gasteiger partial charge in [0.05, 0.1) is 0 Å². The normalized spacial score (nSPS) is 11.6. The van der Waals surface area contributed by atoms with Crippen molar-refractivity contribution >= 4 is 0 Å². The zero-order chi connectivity index (χ0) is 9.68. The van der Waals surface area contributed by atoms with Crippen LogP contribution in [0.15, 0.2) is 24.3 Å².